The van der Waals surface area contributed by atoms with Crippen molar-refractivity contribution in [3.05, 3.63) is 112 Å². The molecule has 6 rings (SSSR count). The van der Waals surface area contributed by atoms with Gasteiger partial charge in [0.05, 0.1) is 30.7 Å². The van der Waals surface area contributed by atoms with Gasteiger partial charge < -0.3 is 20.4 Å². The SMILES string of the molecule is COC(=O)Nc1ccc2c(c1)CNC(=O)c1cccc(c1)C[C@H](NC(=O)C=Cc1cc(Cl)ccc1-n1cnnn1)c1ncc-2[nH]1. The van der Waals surface area contributed by atoms with Gasteiger partial charge in [0.2, 0.25) is 5.91 Å². The Labute approximate surface area is 261 Å². The van der Waals surface area contributed by atoms with Gasteiger partial charge in [-0.25, -0.2) is 9.78 Å². The summed E-state index contributed by atoms with van der Waals surface area (Å²) in [6.45, 7) is 0.185. The van der Waals surface area contributed by atoms with Crippen LogP contribution < -0.4 is 16.0 Å². The molecule has 3 aromatic carbocycles. The number of hydrogen-bond acceptors (Lipinski definition) is 8. The van der Waals surface area contributed by atoms with Crippen molar-refractivity contribution in [3.8, 4) is 16.9 Å². The maximum absolute atomic E-state index is 13.3. The zero-order valence-corrected chi connectivity index (χ0v) is 24.6. The molecule has 3 amide bonds. The maximum Gasteiger partial charge on any atom is 0.411 e. The number of benzene rings is 3. The van der Waals surface area contributed by atoms with Gasteiger partial charge in [-0.1, -0.05) is 29.8 Å². The van der Waals surface area contributed by atoms with Crippen LogP contribution in [0.5, 0.6) is 0 Å². The van der Waals surface area contributed by atoms with Gasteiger partial charge in [-0.15, -0.1) is 5.10 Å². The van der Waals surface area contributed by atoms with Crippen LogP contribution in [0.15, 0.2) is 79.3 Å². The van der Waals surface area contributed by atoms with Crippen LogP contribution in [0.3, 0.4) is 0 Å². The lowest BCUT2D eigenvalue weighted by Crippen LogP contribution is -2.29. The van der Waals surface area contributed by atoms with E-state index in [0.29, 0.717) is 45.5 Å². The number of ether oxygens (including phenoxy) is 1. The van der Waals surface area contributed by atoms with E-state index in [2.05, 4.69) is 41.4 Å². The van der Waals surface area contributed by atoms with E-state index < -0.39 is 12.1 Å². The standard InChI is InChI=1S/C31H26ClN9O4/c1-45-31(44)36-23-7-8-24-21(14-23)15-34-30(43)20-4-2-3-18(11-20)12-25(29-33-16-26(24)38-29)37-28(42)10-5-19-13-22(32)6-9-27(19)41-17-35-39-40-41/h2-11,13-14,16-17,25H,12,15H2,1H3,(H,33,38)(H,34,43)(H,36,44)(H,37,42)/t25-/m0/s1. The minimum atomic E-state index is -0.612. The highest BCUT2D eigenvalue weighted by Gasteiger charge is 2.21. The summed E-state index contributed by atoms with van der Waals surface area (Å²) in [5, 5.41) is 20.4. The average molecular weight is 624 g/mol. The summed E-state index contributed by atoms with van der Waals surface area (Å²) in [6, 6.07) is 17.1. The number of anilines is 1. The molecule has 0 radical (unpaired) electrons. The molecule has 226 valence electrons. The summed E-state index contributed by atoms with van der Waals surface area (Å²) in [5.41, 5.74) is 5.24. The van der Waals surface area contributed by atoms with Gasteiger partial charge >= 0.3 is 6.09 Å². The molecule has 2 aromatic heterocycles. The second-order valence-corrected chi connectivity index (χ2v) is 10.5. The fourth-order valence-electron chi connectivity index (χ4n) is 4.99. The molecule has 0 aliphatic carbocycles. The molecule has 1 atom stereocenters. The van der Waals surface area contributed by atoms with Gasteiger partial charge in [-0.05, 0) is 76.5 Å². The van der Waals surface area contributed by atoms with Crippen LogP contribution in [0.2, 0.25) is 5.02 Å². The van der Waals surface area contributed by atoms with E-state index in [9.17, 15) is 14.4 Å². The molecule has 1 aliphatic rings. The predicted molar refractivity (Wildman–Crippen MR) is 165 cm³/mol. The van der Waals surface area contributed by atoms with Crippen LogP contribution in [0, 0.1) is 0 Å². The van der Waals surface area contributed by atoms with Crippen LogP contribution in [0.25, 0.3) is 23.0 Å². The smallest absolute Gasteiger partial charge is 0.411 e. The van der Waals surface area contributed by atoms with Crippen molar-refractivity contribution in [2.24, 2.45) is 0 Å². The molecule has 13 nitrogen and oxygen atoms in total. The zero-order chi connectivity index (χ0) is 31.3. The Kier molecular flexibility index (Phi) is 8.33. The molecular weight excluding hydrogens is 598 g/mol. The highest BCUT2D eigenvalue weighted by atomic mass is 35.5. The molecule has 4 N–H and O–H groups in total. The molecule has 0 saturated carbocycles. The van der Waals surface area contributed by atoms with E-state index in [1.54, 1.807) is 60.8 Å². The lowest BCUT2D eigenvalue weighted by Gasteiger charge is -2.16. The van der Waals surface area contributed by atoms with Crippen LogP contribution in [0.4, 0.5) is 10.5 Å². The molecule has 1 aliphatic heterocycles. The maximum atomic E-state index is 13.3. The first-order valence-electron chi connectivity index (χ1n) is 13.8. The van der Waals surface area contributed by atoms with Crippen molar-refractivity contribution in [3.63, 3.8) is 0 Å². The molecule has 0 saturated heterocycles. The third-order valence-corrected chi connectivity index (χ3v) is 7.37. The summed E-state index contributed by atoms with van der Waals surface area (Å²) in [6.07, 6.45) is 5.90. The van der Waals surface area contributed by atoms with E-state index in [-0.39, 0.29) is 18.4 Å². The second-order valence-electron chi connectivity index (χ2n) is 10.1. The Morgan fingerprint density at radius 3 is 2.84 bits per heavy atom. The third kappa shape index (κ3) is 6.73. The largest absolute Gasteiger partial charge is 0.453 e. The van der Waals surface area contributed by atoms with Crippen molar-refractivity contribution in [1.29, 1.82) is 0 Å². The Hall–Kier alpha value is -5.82. The fourth-order valence-corrected chi connectivity index (χ4v) is 5.17. The fraction of sp³-hybridized carbons (Fsp3) is 0.129. The molecule has 5 aromatic rings. The lowest BCUT2D eigenvalue weighted by atomic mass is 10.0. The normalized spacial score (nSPS) is 14.4. The summed E-state index contributed by atoms with van der Waals surface area (Å²) >= 11 is 6.23. The van der Waals surface area contributed by atoms with Crippen molar-refractivity contribution in [2.75, 3.05) is 12.4 Å². The third-order valence-electron chi connectivity index (χ3n) is 7.14. The number of carbonyl (C=O) groups is 3. The summed E-state index contributed by atoms with van der Waals surface area (Å²) in [5.74, 6) is -0.116. The van der Waals surface area contributed by atoms with Gasteiger partial charge in [-0.3, -0.25) is 14.9 Å². The highest BCUT2D eigenvalue weighted by Crippen LogP contribution is 2.28. The zero-order valence-electron chi connectivity index (χ0n) is 23.8. The minimum Gasteiger partial charge on any atom is -0.453 e. The average Bonchev–Trinajstić information content (AvgIpc) is 3.76. The Balaban J connectivity index is 1.33. The Morgan fingerprint density at radius 1 is 1.13 bits per heavy atom. The van der Waals surface area contributed by atoms with Crippen LogP contribution in [0.1, 0.15) is 38.9 Å². The Morgan fingerprint density at radius 2 is 2.02 bits per heavy atom. The van der Waals surface area contributed by atoms with Crippen LogP contribution >= 0.6 is 11.6 Å². The van der Waals surface area contributed by atoms with Crippen molar-refractivity contribution in [2.45, 2.75) is 19.0 Å². The molecule has 14 heteroatoms. The number of halogens is 1. The van der Waals surface area contributed by atoms with E-state index in [1.807, 2.05) is 12.1 Å². The van der Waals surface area contributed by atoms with Crippen molar-refractivity contribution < 1.29 is 19.1 Å². The van der Waals surface area contributed by atoms with E-state index in [1.165, 1.54) is 24.2 Å². The van der Waals surface area contributed by atoms with Gasteiger partial charge in [0, 0.05) is 40.0 Å². The number of carbonyl (C=O) groups excluding carboxylic acids is 3. The summed E-state index contributed by atoms with van der Waals surface area (Å²) in [7, 11) is 1.28. The first-order chi connectivity index (χ1) is 21.9. The Bertz CT molecular complexity index is 1920. The van der Waals surface area contributed by atoms with Crippen LogP contribution in [-0.2, 0) is 22.5 Å². The number of nitrogens with one attached hydrogen (secondary N) is 4. The molecule has 0 unspecified atom stereocenters. The monoisotopic (exact) mass is 623 g/mol. The minimum absolute atomic E-state index is 0.185. The number of methoxy groups -OCH3 is 1. The number of fused-ring (bicyclic) bond motifs is 6. The number of hydrogen-bond donors (Lipinski definition) is 4. The molecule has 3 heterocycles. The van der Waals surface area contributed by atoms with Gasteiger partial charge in [0.25, 0.3) is 5.91 Å². The number of imidazole rings is 1. The predicted octanol–water partition coefficient (Wildman–Crippen LogP) is 4.24. The van der Waals surface area contributed by atoms with Crippen LogP contribution in [-0.4, -0.2) is 55.2 Å². The van der Waals surface area contributed by atoms with E-state index >= 15 is 0 Å². The first kappa shape index (κ1) is 29.3. The number of H-pyrrole nitrogens is 1. The van der Waals surface area contributed by atoms with Crippen molar-refractivity contribution in [1.82, 2.24) is 40.8 Å². The van der Waals surface area contributed by atoms with Gasteiger partial charge in [0.15, 0.2) is 0 Å². The number of aromatic nitrogens is 6. The molecule has 45 heavy (non-hydrogen) atoms. The quantitative estimate of drug-likeness (QED) is 0.211. The highest BCUT2D eigenvalue weighted by molar-refractivity contribution is 6.30. The molecule has 0 spiro atoms. The molecular formula is C31H26ClN9O4. The number of amides is 3. The number of rotatable bonds is 5. The van der Waals surface area contributed by atoms with Gasteiger partial charge in [-0.2, -0.15) is 4.68 Å². The lowest BCUT2D eigenvalue weighted by molar-refractivity contribution is -0.117. The van der Waals surface area contributed by atoms with Crippen molar-refractivity contribution >= 4 is 41.3 Å². The molecule has 0 fully saturated rings. The van der Waals surface area contributed by atoms with Gasteiger partial charge in [0.1, 0.15) is 12.2 Å². The number of tetrazole rings is 1. The van der Waals surface area contributed by atoms with E-state index in [0.717, 1.165) is 16.7 Å². The first-order valence-corrected chi connectivity index (χ1v) is 14.2. The second kappa shape index (κ2) is 12.8. The molecule has 4 bridgehead atoms. The summed E-state index contributed by atoms with van der Waals surface area (Å²) in [4.78, 5) is 46.2. The van der Waals surface area contributed by atoms with E-state index in [4.69, 9.17) is 16.3 Å². The number of nitrogens with zero attached hydrogens (tertiary/aromatic N) is 5. The summed E-state index contributed by atoms with van der Waals surface area (Å²) < 4.78 is 6.19. The topological polar surface area (TPSA) is 169 Å². The number of aromatic amines is 1.